The number of esters is 1. The number of H-pyrrole nitrogens is 1. The first-order valence-electron chi connectivity index (χ1n) is 16.5. The molecule has 2 heterocycles. The predicted octanol–water partition coefficient (Wildman–Crippen LogP) is 7.07. The minimum absolute atomic E-state index is 0.0222. The minimum Gasteiger partial charge on any atom is -0.465 e. The number of hydrogen-bond donors (Lipinski definition) is 3. The number of aromatic amines is 1. The van der Waals surface area contributed by atoms with Crippen LogP contribution in [0.4, 0.5) is 5.95 Å². The average molecular weight is 576 g/mol. The number of nitrogen functional groups attached to an aromatic ring is 1. The number of ether oxygens (including phenoxy) is 1. The summed E-state index contributed by atoms with van der Waals surface area (Å²) < 4.78 is 7.22. The summed E-state index contributed by atoms with van der Waals surface area (Å²) in [4.78, 5) is 35.0. The van der Waals surface area contributed by atoms with E-state index in [1.807, 2.05) is 0 Å². The highest BCUT2D eigenvalue weighted by molar-refractivity contribution is 5.70. The van der Waals surface area contributed by atoms with Gasteiger partial charge in [-0.3, -0.25) is 14.6 Å². The lowest BCUT2D eigenvalue weighted by Crippen LogP contribution is -2.21. The molecule has 9 nitrogen and oxygen atoms in total. The zero-order valence-corrected chi connectivity index (χ0v) is 25.7. The second-order valence-corrected chi connectivity index (χ2v) is 11.7. The van der Waals surface area contributed by atoms with Crippen molar-refractivity contribution in [1.82, 2.24) is 19.5 Å². The summed E-state index contributed by atoms with van der Waals surface area (Å²) in [6.45, 7) is 2.88. The number of anilines is 1. The first kappa shape index (κ1) is 34.8. The Labute approximate surface area is 247 Å². The Kier molecular flexibility index (Phi) is 18.8. The van der Waals surface area contributed by atoms with Crippen LogP contribution in [-0.4, -0.2) is 43.8 Å². The predicted molar refractivity (Wildman–Crippen MR) is 167 cm³/mol. The SMILES string of the molecule is CCCCCCCCCCCCCCCCCCCCCC(=O)OCC(CCO)Cn1cnc2c(=O)[nH]c(N)nc21. The van der Waals surface area contributed by atoms with Gasteiger partial charge in [-0.25, -0.2) is 4.98 Å². The fourth-order valence-electron chi connectivity index (χ4n) is 5.42. The van der Waals surface area contributed by atoms with E-state index in [0.29, 0.717) is 25.0 Å². The number of hydrogen-bond acceptors (Lipinski definition) is 7. The number of carbonyl (C=O) groups excluding carboxylic acids is 1. The number of aromatic nitrogens is 4. The Balaban J connectivity index is 1.43. The summed E-state index contributed by atoms with van der Waals surface area (Å²) in [5.41, 5.74) is 5.87. The van der Waals surface area contributed by atoms with Gasteiger partial charge in [0.05, 0.1) is 12.9 Å². The number of imidazole rings is 1. The van der Waals surface area contributed by atoms with Crippen molar-refractivity contribution in [2.24, 2.45) is 5.92 Å². The summed E-state index contributed by atoms with van der Waals surface area (Å²) in [6.07, 6.45) is 27.6. The van der Waals surface area contributed by atoms with Crippen molar-refractivity contribution in [1.29, 1.82) is 0 Å². The third-order valence-electron chi connectivity index (χ3n) is 7.95. The van der Waals surface area contributed by atoms with E-state index in [2.05, 4.69) is 21.9 Å². The number of aliphatic hydroxyl groups is 1. The molecule has 2 aromatic heterocycles. The number of fused-ring (bicyclic) bond motifs is 1. The molecule has 0 amide bonds. The maximum Gasteiger partial charge on any atom is 0.305 e. The first-order chi connectivity index (χ1) is 20.0. The van der Waals surface area contributed by atoms with Crippen LogP contribution in [0.2, 0.25) is 0 Å². The highest BCUT2D eigenvalue weighted by Gasteiger charge is 2.16. The van der Waals surface area contributed by atoms with E-state index < -0.39 is 5.56 Å². The van der Waals surface area contributed by atoms with Crippen LogP contribution in [0.25, 0.3) is 11.2 Å². The molecular formula is C32H57N5O4. The summed E-state index contributed by atoms with van der Waals surface area (Å²) in [5.74, 6) is -0.294. The number of aliphatic hydroxyl groups excluding tert-OH is 1. The van der Waals surface area contributed by atoms with Gasteiger partial charge in [0.1, 0.15) is 0 Å². The fourth-order valence-corrected chi connectivity index (χ4v) is 5.42. The molecule has 0 saturated heterocycles. The van der Waals surface area contributed by atoms with Crippen molar-refractivity contribution in [2.45, 2.75) is 148 Å². The highest BCUT2D eigenvalue weighted by atomic mass is 16.5. The van der Waals surface area contributed by atoms with Crippen LogP contribution in [0.15, 0.2) is 11.1 Å². The zero-order valence-electron chi connectivity index (χ0n) is 25.7. The molecule has 0 radical (unpaired) electrons. The van der Waals surface area contributed by atoms with Crippen molar-refractivity contribution in [3.8, 4) is 0 Å². The summed E-state index contributed by atoms with van der Waals surface area (Å²) in [5, 5.41) is 9.45. The molecule has 41 heavy (non-hydrogen) atoms. The number of unbranched alkanes of at least 4 members (excludes halogenated alkanes) is 18. The molecule has 0 aliphatic carbocycles. The van der Waals surface area contributed by atoms with E-state index in [4.69, 9.17) is 10.5 Å². The van der Waals surface area contributed by atoms with Gasteiger partial charge in [0.15, 0.2) is 11.2 Å². The van der Waals surface area contributed by atoms with Crippen LogP contribution in [-0.2, 0) is 16.1 Å². The molecule has 2 rings (SSSR count). The number of rotatable bonds is 26. The highest BCUT2D eigenvalue weighted by Crippen LogP contribution is 2.16. The Hall–Kier alpha value is -2.42. The Bertz CT molecular complexity index is 1010. The van der Waals surface area contributed by atoms with Crippen molar-refractivity contribution in [2.75, 3.05) is 18.9 Å². The maximum absolute atomic E-state index is 12.3. The maximum atomic E-state index is 12.3. The molecule has 0 aromatic carbocycles. The Morgan fingerprint density at radius 3 is 1.93 bits per heavy atom. The zero-order chi connectivity index (χ0) is 29.5. The van der Waals surface area contributed by atoms with E-state index in [1.54, 1.807) is 4.57 Å². The van der Waals surface area contributed by atoms with Crippen LogP contribution in [0.3, 0.4) is 0 Å². The van der Waals surface area contributed by atoms with Crippen LogP contribution in [0.5, 0.6) is 0 Å². The van der Waals surface area contributed by atoms with Crippen molar-refractivity contribution in [3.63, 3.8) is 0 Å². The Morgan fingerprint density at radius 1 is 0.902 bits per heavy atom. The molecule has 234 valence electrons. The number of nitrogens with zero attached hydrogens (tertiary/aromatic N) is 3. The lowest BCUT2D eigenvalue weighted by Gasteiger charge is -2.17. The largest absolute Gasteiger partial charge is 0.465 e. The van der Waals surface area contributed by atoms with E-state index in [0.717, 1.165) is 12.8 Å². The second kappa shape index (κ2) is 22.2. The lowest BCUT2D eigenvalue weighted by molar-refractivity contribution is -0.145. The van der Waals surface area contributed by atoms with E-state index in [1.165, 1.54) is 115 Å². The number of nitrogens with two attached hydrogens (primary N) is 1. The van der Waals surface area contributed by atoms with Crippen molar-refractivity contribution < 1.29 is 14.6 Å². The minimum atomic E-state index is -0.393. The summed E-state index contributed by atoms with van der Waals surface area (Å²) >= 11 is 0. The van der Waals surface area contributed by atoms with Gasteiger partial charge in [0, 0.05) is 25.5 Å². The average Bonchev–Trinajstić information content (AvgIpc) is 3.35. The summed E-state index contributed by atoms with van der Waals surface area (Å²) in [6, 6.07) is 0. The lowest BCUT2D eigenvalue weighted by atomic mass is 10.0. The third-order valence-corrected chi connectivity index (χ3v) is 7.95. The number of nitrogens with one attached hydrogen (secondary N) is 1. The molecule has 4 N–H and O–H groups in total. The first-order valence-corrected chi connectivity index (χ1v) is 16.5. The molecule has 0 saturated carbocycles. The van der Waals surface area contributed by atoms with Crippen LogP contribution < -0.4 is 11.3 Å². The second-order valence-electron chi connectivity index (χ2n) is 11.7. The van der Waals surface area contributed by atoms with Crippen LogP contribution >= 0.6 is 0 Å². The molecule has 9 heteroatoms. The smallest absolute Gasteiger partial charge is 0.305 e. The summed E-state index contributed by atoms with van der Waals surface area (Å²) in [7, 11) is 0. The van der Waals surface area contributed by atoms with Gasteiger partial charge < -0.3 is 20.1 Å². The molecule has 0 spiro atoms. The van der Waals surface area contributed by atoms with Gasteiger partial charge >= 0.3 is 5.97 Å². The molecule has 0 bridgehead atoms. The quantitative estimate of drug-likeness (QED) is 0.0806. The molecule has 0 aliphatic rings. The fraction of sp³-hybridized carbons (Fsp3) is 0.812. The van der Waals surface area contributed by atoms with Crippen molar-refractivity contribution >= 4 is 23.1 Å². The monoisotopic (exact) mass is 575 g/mol. The van der Waals surface area contributed by atoms with Crippen LogP contribution in [0.1, 0.15) is 142 Å². The van der Waals surface area contributed by atoms with Gasteiger partial charge in [0.25, 0.3) is 5.56 Å². The molecule has 2 aromatic rings. The molecule has 0 aliphatic heterocycles. The van der Waals surface area contributed by atoms with Gasteiger partial charge in [-0.15, -0.1) is 0 Å². The van der Waals surface area contributed by atoms with Gasteiger partial charge in [0.2, 0.25) is 5.95 Å². The van der Waals surface area contributed by atoms with E-state index in [-0.39, 0.29) is 36.6 Å². The Morgan fingerprint density at radius 2 is 1.41 bits per heavy atom. The van der Waals surface area contributed by atoms with E-state index >= 15 is 0 Å². The molecule has 0 fully saturated rings. The van der Waals surface area contributed by atoms with E-state index in [9.17, 15) is 14.7 Å². The van der Waals surface area contributed by atoms with Crippen LogP contribution in [0, 0.1) is 5.92 Å². The van der Waals surface area contributed by atoms with Gasteiger partial charge in [-0.1, -0.05) is 122 Å². The normalized spacial score (nSPS) is 12.2. The topological polar surface area (TPSA) is 136 Å². The third kappa shape index (κ3) is 15.4. The standard InChI is InChI=1S/C32H57N5O4/c1-2-3-4-5-6-7-8-9-10-11-12-13-14-15-16-17-18-19-20-21-28(39)41-25-27(22-23-38)24-37-26-34-29-30(37)35-32(33)36-31(29)40/h26-27,38H,2-25H2,1H3,(H3,33,35,36,40). The van der Waals surface area contributed by atoms with Gasteiger partial charge in [-0.05, 0) is 12.8 Å². The molecule has 1 unspecified atom stereocenters. The molecule has 1 atom stereocenters. The van der Waals surface area contributed by atoms with Gasteiger partial charge in [-0.2, -0.15) is 4.98 Å². The van der Waals surface area contributed by atoms with Crippen molar-refractivity contribution in [3.05, 3.63) is 16.7 Å². The molecular weight excluding hydrogens is 518 g/mol. The number of carbonyl (C=O) groups is 1.